The molecule has 2 aromatic rings. The minimum absolute atomic E-state index is 0.00168. The monoisotopic (exact) mass is 568 g/mol. The lowest BCUT2D eigenvalue weighted by Crippen LogP contribution is -2.46. The molecule has 0 spiro atoms. The number of nitrogens with one attached hydrogen (secondary N) is 1. The molecule has 9 nitrogen and oxygen atoms in total. The Morgan fingerprint density at radius 2 is 1.73 bits per heavy atom. The number of piperazine rings is 1. The van der Waals surface area contributed by atoms with E-state index >= 15 is 0 Å². The van der Waals surface area contributed by atoms with Crippen molar-refractivity contribution >= 4 is 23.3 Å². The molecule has 0 bridgehead atoms. The van der Waals surface area contributed by atoms with Crippen molar-refractivity contribution in [3.05, 3.63) is 52.4 Å². The number of rotatable bonds is 15. The van der Waals surface area contributed by atoms with Gasteiger partial charge in [0.05, 0.1) is 6.20 Å². The Bertz CT molecular complexity index is 1090. The smallest absolute Gasteiger partial charge is 0.269 e. The minimum atomic E-state index is -0.259. The average molecular weight is 569 g/mol. The molecule has 0 saturated carbocycles. The van der Waals surface area contributed by atoms with Crippen LogP contribution in [0.2, 0.25) is 5.02 Å². The first-order valence-corrected chi connectivity index (χ1v) is 15.0. The van der Waals surface area contributed by atoms with Gasteiger partial charge in [-0.1, -0.05) is 51.4 Å². The Morgan fingerprint density at radius 3 is 2.33 bits per heavy atom. The van der Waals surface area contributed by atoms with E-state index in [1.54, 1.807) is 5.01 Å². The van der Waals surface area contributed by atoms with Crippen molar-refractivity contribution in [2.75, 3.05) is 63.9 Å². The van der Waals surface area contributed by atoms with Crippen molar-refractivity contribution in [2.45, 2.75) is 53.5 Å². The van der Waals surface area contributed by atoms with Crippen LogP contribution in [0, 0.1) is 17.2 Å². The van der Waals surface area contributed by atoms with E-state index < -0.39 is 0 Å². The third kappa shape index (κ3) is 10.0. The zero-order valence-electron chi connectivity index (χ0n) is 24.6. The van der Waals surface area contributed by atoms with Crippen LogP contribution in [0.1, 0.15) is 68.7 Å². The van der Waals surface area contributed by atoms with Gasteiger partial charge in [-0.15, -0.1) is 0 Å². The first kappa shape index (κ1) is 31.8. The molecular formula is C30H45ClN8O. The summed E-state index contributed by atoms with van der Waals surface area (Å²) in [5.41, 5.74) is 4.65. The van der Waals surface area contributed by atoms with E-state index in [0.29, 0.717) is 17.9 Å². The molecule has 2 heterocycles. The zero-order chi connectivity index (χ0) is 28.9. The summed E-state index contributed by atoms with van der Waals surface area (Å²) in [7, 11) is 0. The second-order valence-electron chi connectivity index (χ2n) is 10.9. The van der Waals surface area contributed by atoms with Crippen molar-refractivity contribution in [2.24, 2.45) is 5.92 Å². The minimum Gasteiger partial charge on any atom is -0.303 e. The quantitative estimate of drug-likeness (QED) is 0.315. The summed E-state index contributed by atoms with van der Waals surface area (Å²) in [6, 6.07) is 9.68. The van der Waals surface area contributed by atoms with Gasteiger partial charge < -0.3 is 9.80 Å². The summed E-state index contributed by atoms with van der Waals surface area (Å²) >= 11 is 6.31. The van der Waals surface area contributed by atoms with Gasteiger partial charge in [0.15, 0.2) is 5.82 Å². The molecule has 1 aromatic carbocycles. The molecule has 40 heavy (non-hydrogen) atoms. The van der Waals surface area contributed by atoms with Crippen molar-refractivity contribution in [1.29, 1.82) is 5.26 Å². The lowest BCUT2D eigenvalue weighted by Gasteiger charge is -2.35. The van der Waals surface area contributed by atoms with Gasteiger partial charge in [0.1, 0.15) is 11.1 Å². The van der Waals surface area contributed by atoms with Crippen LogP contribution in [0.3, 0.4) is 0 Å². The number of amides is 1. The summed E-state index contributed by atoms with van der Waals surface area (Å²) in [6.45, 7) is 19.1. The van der Waals surface area contributed by atoms with Gasteiger partial charge in [-0.3, -0.25) is 20.1 Å². The van der Waals surface area contributed by atoms with Gasteiger partial charge in [-0.05, 0) is 69.1 Å². The molecular weight excluding hydrogens is 524 g/mol. The van der Waals surface area contributed by atoms with Crippen molar-refractivity contribution in [3.8, 4) is 6.07 Å². The number of hydrazine groups is 1. The molecule has 1 N–H and O–H groups in total. The van der Waals surface area contributed by atoms with Crippen LogP contribution in [0.15, 0.2) is 30.5 Å². The van der Waals surface area contributed by atoms with Gasteiger partial charge in [-0.2, -0.15) is 10.2 Å². The largest absolute Gasteiger partial charge is 0.303 e. The van der Waals surface area contributed by atoms with Crippen LogP contribution >= 0.6 is 11.6 Å². The number of hydrogen-bond acceptors (Lipinski definition) is 8. The fourth-order valence-electron chi connectivity index (χ4n) is 5.02. The summed E-state index contributed by atoms with van der Waals surface area (Å²) in [5, 5.41) is 11.0. The van der Waals surface area contributed by atoms with E-state index in [-0.39, 0.29) is 22.7 Å². The third-order valence-corrected chi connectivity index (χ3v) is 7.25. The Kier molecular flexibility index (Phi) is 13.1. The van der Waals surface area contributed by atoms with Gasteiger partial charge >= 0.3 is 0 Å². The van der Waals surface area contributed by atoms with Crippen molar-refractivity contribution in [1.82, 2.24) is 30.1 Å². The second kappa shape index (κ2) is 16.5. The number of benzene rings is 1. The maximum absolute atomic E-state index is 13.1. The van der Waals surface area contributed by atoms with Gasteiger partial charge in [0.25, 0.3) is 5.91 Å². The summed E-state index contributed by atoms with van der Waals surface area (Å²) in [5.74, 6) is 0.269. The van der Waals surface area contributed by atoms with E-state index in [9.17, 15) is 10.1 Å². The highest BCUT2D eigenvalue weighted by Crippen LogP contribution is 2.22. The van der Waals surface area contributed by atoms with E-state index in [1.807, 2.05) is 44.2 Å². The second-order valence-corrected chi connectivity index (χ2v) is 11.3. The molecule has 1 aromatic heterocycles. The van der Waals surface area contributed by atoms with Crippen LogP contribution in [0.4, 0.5) is 5.82 Å². The van der Waals surface area contributed by atoms with E-state index in [1.165, 1.54) is 57.2 Å². The molecule has 1 fully saturated rings. The van der Waals surface area contributed by atoms with E-state index in [0.717, 1.165) is 32.7 Å². The summed E-state index contributed by atoms with van der Waals surface area (Å²) in [4.78, 5) is 28.9. The number of nitrogens with zero attached hydrogens (tertiary/aromatic N) is 7. The number of anilines is 1. The molecule has 1 aliphatic rings. The fraction of sp³-hybridized carbons (Fsp3) is 0.600. The Hall–Kier alpha value is -2.77. The molecule has 1 aliphatic heterocycles. The van der Waals surface area contributed by atoms with E-state index in [2.05, 4.69) is 43.9 Å². The number of halogens is 1. The maximum Gasteiger partial charge on any atom is 0.269 e. The van der Waals surface area contributed by atoms with Crippen LogP contribution in [0.25, 0.3) is 0 Å². The predicted octanol–water partition coefficient (Wildman–Crippen LogP) is 4.44. The topological polar surface area (TPSA) is 91.6 Å². The van der Waals surface area contributed by atoms with Crippen LogP contribution < -0.4 is 10.4 Å². The lowest BCUT2D eigenvalue weighted by atomic mass is 10.1. The number of carbonyl (C=O) groups is 1. The molecule has 0 atom stereocenters. The van der Waals surface area contributed by atoms with Crippen molar-refractivity contribution < 1.29 is 4.79 Å². The molecule has 1 amide bonds. The number of aromatic nitrogens is 2. The average Bonchev–Trinajstić information content (AvgIpc) is 2.94. The Balaban J connectivity index is 1.49. The number of hydrogen-bond donors (Lipinski definition) is 1. The Morgan fingerprint density at radius 1 is 1.07 bits per heavy atom. The first-order chi connectivity index (χ1) is 19.3. The highest BCUT2D eigenvalue weighted by Gasteiger charge is 2.20. The Labute approximate surface area is 245 Å². The van der Waals surface area contributed by atoms with Gasteiger partial charge in [-0.25, -0.2) is 4.98 Å². The molecule has 10 heteroatoms. The first-order valence-electron chi connectivity index (χ1n) is 14.6. The van der Waals surface area contributed by atoms with Crippen LogP contribution in [-0.2, 0) is 6.54 Å². The number of nitriles is 1. The lowest BCUT2D eigenvalue weighted by molar-refractivity contribution is 0.0947. The predicted molar refractivity (Wildman–Crippen MR) is 161 cm³/mol. The third-order valence-electron chi connectivity index (χ3n) is 6.98. The highest BCUT2D eigenvalue weighted by atomic mass is 35.5. The summed E-state index contributed by atoms with van der Waals surface area (Å²) in [6.07, 6.45) is 5.07. The molecule has 3 rings (SSSR count). The van der Waals surface area contributed by atoms with Crippen LogP contribution in [0.5, 0.6) is 0 Å². The van der Waals surface area contributed by atoms with E-state index in [4.69, 9.17) is 11.6 Å². The molecule has 218 valence electrons. The highest BCUT2D eigenvalue weighted by molar-refractivity contribution is 6.32. The molecule has 1 saturated heterocycles. The SMILES string of the molecule is CCCN(CCC)CCCN1CCN(Cc2ccc(C(=O)NN(CC(C)C)c3nc(C#N)ncc3Cl)cc2)CC1. The molecule has 0 radical (unpaired) electrons. The molecule has 0 unspecified atom stereocenters. The summed E-state index contributed by atoms with van der Waals surface area (Å²) < 4.78 is 0. The molecule has 0 aliphatic carbocycles. The standard InChI is InChI=1S/C30H45ClN8O/c1-5-12-36(13-6-2)14-7-15-37-16-18-38(19-17-37)23-25-8-10-26(11-9-25)30(40)35-39(22-24(3)4)29-27(31)21-33-28(20-32)34-29/h8-11,21,24H,5-7,12-19,22-23H2,1-4H3,(H,35,40). The zero-order valence-corrected chi connectivity index (χ0v) is 25.3. The maximum atomic E-state index is 13.1. The van der Waals surface area contributed by atoms with Gasteiger partial charge in [0, 0.05) is 44.8 Å². The normalized spacial score (nSPS) is 14.4. The van der Waals surface area contributed by atoms with Crippen molar-refractivity contribution in [3.63, 3.8) is 0 Å². The van der Waals surface area contributed by atoms with Crippen LogP contribution in [-0.4, -0.2) is 89.5 Å². The fourth-order valence-corrected chi connectivity index (χ4v) is 5.21. The van der Waals surface area contributed by atoms with Gasteiger partial charge in [0.2, 0.25) is 5.82 Å². The number of carbonyl (C=O) groups excluding carboxylic acids is 1.